The molecule has 0 aliphatic rings. The third kappa shape index (κ3) is 3.47. The maximum Gasteiger partial charge on any atom is 0.261 e. The number of rotatable bonds is 5. The fraction of sp³-hybridized carbons (Fsp3) is 0.167. The maximum absolute atomic E-state index is 12.6. The first-order valence-electron chi connectivity index (χ1n) is 8.39. The predicted octanol–water partition coefficient (Wildman–Crippen LogP) is 2.03. The van der Waals surface area contributed by atoms with Gasteiger partial charge in [0.15, 0.2) is 5.65 Å². The molecule has 0 bridgehead atoms. The van der Waals surface area contributed by atoms with Gasteiger partial charge in [0, 0.05) is 19.4 Å². The fourth-order valence-electron chi connectivity index (χ4n) is 2.77. The van der Waals surface area contributed by atoms with Crippen molar-refractivity contribution >= 4 is 23.1 Å². The van der Waals surface area contributed by atoms with Crippen LogP contribution in [0.5, 0.6) is 0 Å². The number of nitrogens with zero attached hydrogens (tertiary/aromatic N) is 6. The van der Waals surface area contributed by atoms with Crippen molar-refractivity contribution < 1.29 is 4.79 Å². The van der Waals surface area contributed by atoms with Crippen molar-refractivity contribution in [2.45, 2.75) is 13.5 Å². The summed E-state index contributed by atoms with van der Waals surface area (Å²) >= 11 is 0. The van der Waals surface area contributed by atoms with E-state index in [0.717, 1.165) is 11.4 Å². The minimum absolute atomic E-state index is 0.287. The number of aryl methyl sites for hydroxylation is 2. The van der Waals surface area contributed by atoms with Crippen LogP contribution in [0.4, 0.5) is 11.5 Å². The minimum atomic E-state index is -0.287. The smallest absolute Gasteiger partial charge is 0.261 e. The summed E-state index contributed by atoms with van der Waals surface area (Å²) in [5.41, 5.74) is 3.48. The first kappa shape index (κ1) is 16.7. The van der Waals surface area contributed by atoms with Crippen LogP contribution in [0, 0.1) is 6.92 Å². The van der Waals surface area contributed by atoms with Crippen molar-refractivity contribution in [3.8, 4) is 0 Å². The van der Waals surface area contributed by atoms with Crippen LogP contribution >= 0.6 is 0 Å². The molecular formula is C18H18N8O. The molecule has 9 nitrogen and oxygen atoms in total. The number of aromatic nitrogens is 6. The third-order valence-electron chi connectivity index (χ3n) is 4.08. The van der Waals surface area contributed by atoms with E-state index in [0.29, 0.717) is 29.3 Å². The van der Waals surface area contributed by atoms with Gasteiger partial charge in [0.1, 0.15) is 11.4 Å². The zero-order valence-corrected chi connectivity index (χ0v) is 14.9. The van der Waals surface area contributed by atoms with Crippen LogP contribution in [-0.4, -0.2) is 35.3 Å². The van der Waals surface area contributed by atoms with Crippen LogP contribution in [0.2, 0.25) is 0 Å². The SMILES string of the molecule is Cc1cc(CNc2ccn3ncc(C(=O)Nc4cccnc4)c3n2)n(C)n1. The second-order valence-electron chi connectivity index (χ2n) is 6.09. The predicted molar refractivity (Wildman–Crippen MR) is 100 cm³/mol. The van der Waals surface area contributed by atoms with Gasteiger partial charge < -0.3 is 10.6 Å². The molecule has 0 aliphatic carbocycles. The summed E-state index contributed by atoms with van der Waals surface area (Å²) in [5.74, 6) is 0.363. The second kappa shape index (κ2) is 6.87. The van der Waals surface area contributed by atoms with Gasteiger partial charge in [-0.25, -0.2) is 9.50 Å². The van der Waals surface area contributed by atoms with Crippen molar-refractivity contribution in [1.29, 1.82) is 0 Å². The molecule has 0 fully saturated rings. The van der Waals surface area contributed by atoms with E-state index in [4.69, 9.17) is 0 Å². The number of nitrogens with one attached hydrogen (secondary N) is 2. The van der Waals surface area contributed by atoms with E-state index in [9.17, 15) is 4.79 Å². The van der Waals surface area contributed by atoms with Crippen molar-refractivity contribution in [3.63, 3.8) is 0 Å². The molecule has 0 aromatic carbocycles. The Morgan fingerprint density at radius 2 is 2.15 bits per heavy atom. The van der Waals surface area contributed by atoms with Crippen LogP contribution in [0.1, 0.15) is 21.7 Å². The Balaban J connectivity index is 1.55. The van der Waals surface area contributed by atoms with Crippen LogP contribution in [0.15, 0.2) is 49.1 Å². The van der Waals surface area contributed by atoms with E-state index in [2.05, 4.69) is 30.8 Å². The Hall–Kier alpha value is -3.75. The van der Waals surface area contributed by atoms with E-state index in [1.165, 1.54) is 6.20 Å². The van der Waals surface area contributed by atoms with Gasteiger partial charge in [-0.15, -0.1) is 0 Å². The number of carbonyl (C=O) groups excluding carboxylic acids is 1. The topological polar surface area (TPSA) is 102 Å². The summed E-state index contributed by atoms with van der Waals surface area (Å²) in [4.78, 5) is 21.1. The van der Waals surface area contributed by atoms with E-state index < -0.39 is 0 Å². The molecule has 0 aliphatic heterocycles. The summed E-state index contributed by atoms with van der Waals surface area (Å²) in [6.07, 6.45) is 6.50. The Bertz CT molecular complexity index is 1100. The van der Waals surface area contributed by atoms with Crippen molar-refractivity contribution in [1.82, 2.24) is 29.4 Å². The highest BCUT2D eigenvalue weighted by Crippen LogP contribution is 2.15. The van der Waals surface area contributed by atoms with Crippen LogP contribution in [0.3, 0.4) is 0 Å². The zero-order valence-electron chi connectivity index (χ0n) is 14.9. The summed E-state index contributed by atoms with van der Waals surface area (Å²) in [6, 6.07) is 7.35. The quantitative estimate of drug-likeness (QED) is 0.563. The molecular weight excluding hydrogens is 344 g/mol. The van der Waals surface area contributed by atoms with Gasteiger partial charge >= 0.3 is 0 Å². The lowest BCUT2D eigenvalue weighted by Crippen LogP contribution is -2.12. The lowest BCUT2D eigenvalue weighted by atomic mass is 10.3. The Morgan fingerprint density at radius 3 is 2.89 bits per heavy atom. The highest BCUT2D eigenvalue weighted by Gasteiger charge is 2.15. The maximum atomic E-state index is 12.6. The van der Waals surface area contributed by atoms with Gasteiger partial charge in [-0.2, -0.15) is 10.2 Å². The first-order chi connectivity index (χ1) is 13.1. The standard InChI is InChI=1S/C18H18N8O/c1-12-8-14(25(2)24-12)10-20-16-5-7-26-17(23-16)15(11-21-26)18(27)22-13-4-3-6-19-9-13/h3-9,11H,10H2,1-2H3,(H,20,23)(H,22,27). The van der Waals surface area contributed by atoms with Crippen molar-refractivity contribution in [2.75, 3.05) is 10.6 Å². The van der Waals surface area contributed by atoms with Crippen molar-refractivity contribution in [3.05, 3.63) is 66.0 Å². The van der Waals surface area contributed by atoms with E-state index in [1.807, 2.05) is 30.8 Å². The molecule has 1 amide bonds. The largest absolute Gasteiger partial charge is 0.364 e. The number of pyridine rings is 1. The molecule has 4 aromatic rings. The fourth-order valence-corrected chi connectivity index (χ4v) is 2.77. The van der Waals surface area contributed by atoms with Crippen LogP contribution < -0.4 is 10.6 Å². The van der Waals surface area contributed by atoms with Crippen LogP contribution in [-0.2, 0) is 13.6 Å². The van der Waals surface area contributed by atoms with E-state index >= 15 is 0 Å². The van der Waals surface area contributed by atoms with Gasteiger partial charge in [-0.3, -0.25) is 14.5 Å². The molecule has 136 valence electrons. The first-order valence-corrected chi connectivity index (χ1v) is 8.39. The third-order valence-corrected chi connectivity index (χ3v) is 4.08. The Kier molecular flexibility index (Phi) is 4.25. The number of hydrogen-bond donors (Lipinski definition) is 2. The highest BCUT2D eigenvalue weighted by molar-refractivity contribution is 6.08. The second-order valence-corrected chi connectivity index (χ2v) is 6.09. The normalized spacial score (nSPS) is 10.9. The lowest BCUT2D eigenvalue weighted by Gasteiger charge is -2.07. The molecule has 4 rings (SSSR count). The number of hydrogen-bond acceptors (Lipinski definition) is 6. The summed E-state index contributed by atoms with van der Waals surface area (Å²) in [6.45, 7) is 2.53. The van der Waals surface area contributed by atoms with Gasteiger partial charge in [-0.05, 0) is 31.2 Å². The molecule has 0 unspecified atom stereocenters. The molecule has 0 spiro atoms. The molecule has 4 aromatic heterocycles. The molecule has 0 atom stereocenters. The summed E-state index contributed by atoms with van der Waals surface area (Å²) in [7, 11) is 1.90. The number of anilines is 2. The monoisotopic (exact) mass is 362 g/mol. The van der Waals surface area contributed by atoms with Gasteiger partial charge in [0.05, 0.1) is 36.0 Å². The molecule has 2 N–H and O–H groups in total. The number of carbonyl (C=O) groups is 1. The van der Waals surface area contributed by atoms with Crippen molar-refractivity contribution in [2.24, 2.45) is 7.05 Å². The zero-order chi connectivity index (χ0) is 18.8. The Labute approximate surface area is 155 Å². The molecule has 4 heterocycles. The minimum Gasteiger partial charge on any atom is -0.364 e. The molecule has 27 heavy (non-hydrogen) atoms. The van der Waals surface area contributed by atoms with Gasteiger partial charge in [0.25, 0.3) is 5.91 Å². The van der Waals surface area contributed by atoms with Crippen LogP contribution in [0.25, 0.3) is 5.65 Å². The Morgan fingerprint density at radius 1 is 1.26 bits per heavy atom. The van der Waals surface area contributed by atoms with Gasteiger partial charge in [-0.1, -0.05) is 0 Å². The molecule has 9 heteroatoms. The average molecular weight is 362 g/mol. The summed E-state index contributed by atoms with van der Waals surface area (Å²) < 4.78 is 3.39. The average Bonchev–Trinajstić information content (AvgIpc) is 3.22. The number of fused-ring (bicyclic) bond motifs is 1. The molecule has 0 saturated heterocycles. The highest BCUT2D eigenvalue weighted by atomic mass is 16.1. The molecule has 0 radical (unpaired) electrons. The van der Waals surface area contributed by atoms with E-state index in [1.54, 1.807) is 35.2 Å². The lowest BCUT2D eigenvalue weighted by molar-refractivity contribution is 0.102. The van der Waals surface area contributed by atoms with Gasteiger partial charge in [0.2, 0.25) is 0 Å². The molecule has 0 saturated carbocycles. The number of amides is 1. The summed E-state index contributed by atoms with van der Waals surface area (Å²) in [5, 5.41) is 14.6. The van der Waals surface area contributed by atoms with E-state index in [-0.39, 0.29) is 5.91 Å².